The third-order valence-corrected chi connectivity index (χ3v) is 7.50. The Bertz CT molecular complexity index is 1120. The van der Waals surface area contributed by atoms with Crippen molar-refractivity contribution in [1.29, 1.82) is 0 Å². The minimum absolute atomic E-state index is 0.0326. The van der Waals surface area contributed by atoms with Gasteiger partial charge in [0.15, 0.2) is 0 Å². The van der Waals surface area contributed by atoms with Crippen molar-refractivity contribution in [2.24, 2.45) is 0 Å². The first-order valence-corrected chi connectivity index (χ1v) is 10.4. The molecule has 1 saturated heterocycles. The van der Waals surface area contributed by atoms with Gasteiger partial charge in [-0.2, -0.15) is 17.5 Å². The number of rotatable bonds is 2. The van der Waals surface area contributed by atoms with Gasteiger partial charge in [-0.25, -0.2) is 8.42 Å². The first-order chi connectivity index (χ1) is 13.5. The molecule has 3 heterocycles. The molecular weight excluding hydrogens is 407 g/mol. The highest BCUT2D eigenvalue weighted by Gasteiger charge is 2.44. The van der Waals surface area contributed by atoms with Crippen LogP contribution < -0.4 is 0 Å². The lowest BCUT2D eigenvalue weighted by Gasteiger charge is -2.37. The number of sulfonamides is 1. The maximum absolute atomic E-state index is 13.1. The minimum Gasteiger partial charge on any atom is -0.329 e. The molecule has 0 spiro atoms. The Morgan fingerprint density at radius 1 is 1.14 bits per heavy atom. The summed E-state index contributed by atoms with van der Waals surface area (Å²) in [7, 11) is -4.01. The molecule has 1 aromatic heterocycles. The van der Waals surface area contributed by atoms with Crippen LogP contribution in [-0.4, -0.2) is 48.1 Å². The van der Waals surface area contributed by atoms with E-state index in [2.05, 4.69) is 4.98 Å². The minimum atomic E-state index is -4.54. The average molecular weight is 425 g/mol. The SMILES string of the molecule is Cc1cc(C(F)(F)F)ccc1S(=O)(=O)N1CCN2C(=O)c3c(ccnc3C)C2C1. The quantitative estimate of drug-likeness (QED) is 0.742. The second-order valence-electron chi connectivity index (χ2n) is 7.22. The zero-order valence-corrected chi connectivity index (χ0v) is 16.5. The smallest absolute Gasteiger partial charge is 0.329 e. The number of hydrogen-bond donors (Lipinski definition) is 0. The number of pyridine rings is 1. The van der Waals surface area contributed by atoms with E-state index in [9.17, 15) is 26.4 Å². The Labute approximate surface area is 166 Å². The van der Waals surface area contributed by atoms with E-state index in [4.69, 9.17) is 0 Å². The Morgan fingerprint density at radius 3 is 2.52 bits per heavy atom. The lowest BCUT2D eigenvalue weighted by molar-refractivity contribution is -0.137. The highest BCUT2D eigenvalue weighted by atomic mass is 32.2. The van der Waals surface area contributed by atoms with Gasteiger partial charge in [-0.15, -0.1) is 0 Å². The van der Waals surface area contributed by atoms with Crippen molar-refractivity contribution in [2.75, 3.05) is 19.6 Å². The Balaban J connectivity index is 1.67. The molecule has 0 N–H and O–H groups in total. The number of aryl methyl sites for hydroxylation is 2. The Hall–Kier alpha value is -2.46. The normalized spacial score (nSPS) is 20.0. The average Bonchev–Trinajstić information content (AvgIpc) is 2.94. The van der Waals surface area contributed by atoms with E-state index in [0.29, 0.717) is 11.3 Å². The Morgan fingerprint density at radius 2 is 1.86 bits per heavy atom. The van der Waals surface area contributed by atoms with E-state index in [0.717, 1.165) is 23.8 Å². The molecule has 4 rings (SSSR count). The molecule has 10 heteroatoms. The van der Waals surface area contributed by atoms with Gasteiger partial charge >= 0.3 is 6.18 Å². The van der Waals surface area contributed by atoms with Crippen LogP contribution in [0.5, 0.6) is 0 Å². The largest absolute Gasteiger partial charge is 0.416 e. The van der Waals surface area contributed by atoms with E-state index < -0.39 is 27.8 Å². The Kier molecular flexibility index (Phi) is 4.47. The van der Waals surface area contributed by atoms with Crippen LogP contribution in [0.2, 0.25) is 0 Å². The molecule has 0 bridgehead atoms. The van der Waals surface area contributed by atoms with Crippen LogP contribution in [0.25, 0.3) is 0 Å². The standard InChI is InChI=1S/C19H18F3N3O3S/c1-11-9-13(19(20,21)22)3-4-16(11)29(27,28)24-7-8-25-15(10-24)14-5-6-23-12(2)17(14)18(25)26/h3-6,9,15H,7-8,10H2,1-2H3. The number of piperazine rings is 1. The van der Waals surface area contributed by atoms with Gasteiger partial charge in [0, 0.05) is 25.8 Å². The molecule has 6 nitrogen and oxygen atoms in total. The maximum atomic E-state index is 13.1. The summed E-state index contributed by atoms with van der Waals surface area (Å²) in [6.45, 7) is 3.41. The fourth-order valence-electron chi connectivity index (χ4n) is 4.03. The molecule has 1 atom stereocenters. The molecule has 1 fully saturated rings. The van der Waals surface area contributed by atoms with Crippen LogP contribution in [0.1, 0.15) is 38.8 Å². The summed E-state index contributed by atoms with van der Waals surface area (Å²) in [6, 6.07) is 3.90. The van der Waals surface area contributed by atoms with Crippen molar-refractivity contribution in [3.8, 4) is 0 Å². The third kappa shape index (κ3) is 3.10. The molecule has 2 aliphatic rings. The van der Waals surface area contributed by atoms with Crippen molar-refractivity contribution in [2.45, 2.75) is 31.0 Å². The zero-order valence-electron chi connectivity index (χ0n) is 15.7. The fourth-order valence-corrected chi connectivity index (χ4v) is 5.67. The molecule has 2 aromatic rings. The van der Waals surface area contributed by atoms with Crippen LogP contribution in [0, 0.1) is 13.8 Å². The van der Waals surface area contributed by atoms with Crippen molar-refractivity contribution >= 4 is 15.9 Å². The summed E-state index contributed by atoms with van der Waals surface area (Å²) in [4.78, 5) is 18.3. The number of fused-ring (bicyclic) bond motifs is 3. The van der Waals surface area contributed by atoms with Gasteiger partial charge in [-0.1, -0.05) is 0 Å². The summed E-state index contributed by atoms with van der Waals surface area (Å²) in [5.41, 5.74) is 0.964. The molecule has 29 heavy (non-hydrogen) atoms. The van der Waals surface area contributed by atoms with E-state index >= 15 is 0 Å². The number of carbonyl (C=O) groups excluding carboxylic acids is 1. The fraction of sp³-hybridized carbons (Fsp3) is 0.368. The summed E-state index contributed by atoms with van der Waals surface area (Å²) in [6.07, 6.45) is -2.96. The molecule has 0 saturated carbocycles. The number of halogens is 3. The summed E-state index contributed by atoms with van der Waals surface area (Å²) >= 11 is 0. The predicted octanol–water partition coefficient (Wildman–Crippen LogP) is 2.92. The molecule has 0 aliphatic carbocycles. The highest BCUT2D eigenvalue weighted by Crippen LogP contribution is 2.39. The number of alkyl halides is 3. The zero-order chi connectivity index (χ0) is 21.1. The lowest BCUT2D eigenvalue weighted by atomic mass is 10.0. The number of carbonyl (C=O) groups is 1. The number of amides is 1. The lowest BCUT2D eigenvalue weighted by Crippen LogP contribution is -2.49. The highest BCUT2D eigenvalue weighted by molar-refractivity contribution is 7.89. The molecule has 1 unspecified atom stereocenters. The van der Waals surface area contributed by atoms with Gasteiger partial charge in [0.05, 0.1) is 27.8 Å². The van der Waals surface area contributed by atoms with Crippen LogP contribution >= 0.6 is 0 Å². The van der Waals surface area contributed by atoms with Crippen molar-refractivity contribution in [3.05, 3.63) is 58.4 Å². The monoisotopic (exact) mass is 425 g/mol. The first kappa shape index (κ1) is 19.8. The summed E-state index contributed by atoms with van der Waals surface area (Å²) in [5, 5.41) is 0. The summed E-state index contributed by atoms with van der Waals surface area (Å²) < 4.78 is 66.2. The van der Waals surface area contributed by atoms with Gasteiger partial charge in [0.1, 0.15) is 0 Å². The molecular formula is C19H18F3N3O3S. The molecule has 1 aromatic carbocycles. The van der Waals surface area contributed by atoms with Gasteiger partial charge < -0.3 is 4.90 Å². The van der Waals surface area contributed by atoms with Gasteiger partial charge in [0.2, 0.25) is 10.0 Å². The first-order valence-electron chi connectivity index (χ1n) is 8.96. The van der Waals surface area contributed by atoms with Crippen LogP contribution in [0.4, 0.5) is 13.2 Å². The number of benzene rings is 1. The molecule has 154 valence electrons. The number of nitrogens with zero attached hydrogens (tertiary/aromatic N) is 3. The van der Waals surface area contributed by atoms with Gasteiger partial charge in [-0.05, 0) is 49.2 Å². The van der Waals surface area contributed by atoms with Crippen molar-refractivity contribution in [3.63, 3.8) is 0 Å². The third-order valence-electron chi connectivity index (χ3n) is 5.47. The van der Waals surface area contributed by atoms with E-state index in [1.165, 1.54) is 11.2 Å². The molecule has 0 radical (unpaired) electrons. The van der Waals surface area contributed by atoms with E-state index in [1.807, 2.05) is 0 Å². The number of hydrogen-bond acceptors (Lipinski definition) is 4. The maximum Gasteiger partial charge on any atom is 0.416 e. The topological polar surface area (TPSA) is 70.6 Å². The van der Waals surface area contributed by atoms with Crippen LogP contribution in [0.15, 0.2) is 35.4 Å². The number of aromatic nitrogens is 1. The predicted molar refractivity (Wildman–Crippen MR) is 97.7 cm³/mol. The van der Waals surface area contributed by atoms with Gasteiger partial charge in [-0.3, -0.25) is 9.78 Å². The summed E-state index contributed by atoms with van der Waals surface area (Å²) in [5.74, 6) is -0.168. The van der Waals surface area contributed by atoms with E-state index in [1.54, 1.807) is 24.1 Å². The van der Waals surface area contributed by atoms with Crippen molar-refractivity contribution < 1.29 is 26.4 Å². The second-order valence-corrected chi connectivity index (χ2v) is 9.12. The molecule has 2 aliphatic heterocycles. The van der Waals surface area contributed by atoms with Crippen LogP contribution in [-0.2, 0) is 16.2 Å². The second kappa shape index (κ2) is 6.53. The van der Waals surface area contributed by atoms with Gasteiger partial charge in [0.25, 0.3) is 5.91 Å². The van der Waals surface area contributed by atoms with Crippen molar-refractivity contribution in [1.82, 2.24) is 14.2 Å². The van der Waals surface area contributed by atoms with Crippen LogP contribution in [0.3, 0.4) is 0 Å². The van der Waals surface area contributed by atoms with E-state index in [-0.39, 0.29) is 36.0 Å². The molecule has 1 amide bonds.